The molecule has 0 spiro atoms. The van der Waals surface area contributed by atoms with E-state index in [1.807, 2.05) is 42.5 Å². The van der Waals surface area contributed by atoms with Crippen LogP contribution in [0.2, 0.25) is 0 Å². The molecule has 0 saturated heterocycles. The Morgan fingerprint density at radius 2 is 0.945 bits per heavy atom. The number of rotatable bonds is 5. The Morgan fingerprint density at radius 1 is 0.327 bits per heavy atom. The fraction of sp³-hybridized carbons (Fsp3) is 0. The van der Waals surface area contributed by atoms with Crippen molar-refractivity contribution in [2.75, 3.05) is 0 Å². The number of pyridine rings is 1. The predicted molar refractivity (Wildman–Crippen MR) is 227 cm³/mol. The van der Waals surface area contributed by atoms with E-state index in [1.54, 1.807) is 0 Å². The summed E-state index contributed by atoms with van der Waals surface area (Å²) in [6.07, 6.45) is 0. The zero-order valence-corrected chi connectivity index (χ0v) is 29.6. The molecule has 0 radical (unpaired) electrons. The van der Waals surface area contributed by atoms with Crippen LogP contribution in [0.1, 0.15) is 0 Å². The topological polar surface area (TPSA) is 51.8 Å². The molecule has 256 valence electrons. The van der Waals surface area contributed by atoms with Crippen LogP contribution in [0.4, 0.5) is 0 Å². The Kier molecular flexibility index (Phi) is 7.14. The van der Waals surface area contributed by atoms with E-state index in [1.165, 1.54) is 0 Å². The number of benzene rings is 8. The van der Waals surface area contributed by atoms with Gasteiger partial charge in [-0.05, 0) is 58.3 Å². The molecule has 0 amide bonds. The van der Waals surface area contributed by atoms with Crippen LogP contribution in [0.15, 0.2) is 192 Å². The average Bonchev–Trinajstić information content (AvgIpc) is 3.64. The van der Waals surface area contributed by atoms with E-state index in [0.29, 0.717) is 5.82 Å². The summed E-state index contributed by atoms with van der Waals surface area (Å²) in [6.45, 7) is 0. The number of fused-ring (bicyclic) bond motifs is 8. The first-order chi connectivity index (χ1) is 27.3. The molecular formula is C51H31N3O. The molecule has 11 aromatic rings. The number of aromatic nitrogens is 3. The van der Waals surface area contributed by atoms with Gasteiger partial charge < -0.3 is 4.42 Å². The van der Waals surface area contributed by atoms with Crippen LogP contribution in [-0.4, -0.2) is 15.0 Å². The molecule has 0 bridgehead atoms. The van der Waals surface area contributed by atoms with Gasteiger partial charge in [0.05, 0.1) is 22.6 Å². The first kappa shape index (κ1) is 31.1. The normalized spacial score (nSPS) is 11.6. The summed E-state index contributed by atoms with van der Waals surface area (Å²) < 4.78 is 6.57. The van der Waals surface area contributed by atoms with Crippen molar-refractivity contribution in [2.45, 2.75) is 0 Å². The van der Waals surface area contributed by atoms with Crippen LogP contribution in [0.5, 0.6) is 0 Å². The molecule has 0 aliphatic carbocycles. The number of furan rings is 1. The largest absolute Gasteiger partial charge is 0.456 e. The zero-order chi connectivity index (χ0) is 36.3. The van der Waals surface area contributed by atoms with Crippen molar-refractivity contribution < 1.29 is 4.42 Å². The third-order valence-electron chi connectivity index (χ3n) is 10.7. The summed E-state index contributed by atoms with van der Waals surface area (Å²) in [4.78, 5) is 15.4. The lowest BCUT2D eigenvalue weighted by Gasteiger charge is -2.13. The van der Waals surface area contributed by atoms with E-state index >= 15 is 0 Å². The van der Waals surface area contributed by atoms with E-state index in [4.69, 9.17) is 19.4 Å². The molecule has 4 heteroatoms. The average molecular weight is 702 g/mol. The van der Waals surface area contributed by atoms with Crippen LogP contribution in [0.3, 0.4) is 0 Å². The molecule has 3 heterocycles. The second-order valence-electron chi connectivity index (χ2n) is 13.9. The monoisotopic (exact) mass is 701 g/mol. The lowest BCUT2D eigenvalue weighted by molar-refractivity contribution is 0.669. The standard InChI is InChI=1S/C51H31N3O/c1-4-14-32(15-5-1)44-31-45(54-51(53-44)34-18-8-3-9-19-34)39-24-13-22-37-36(21-12-23-38(37)39)35-26-28-46-42(30-35)49-47(55-46)29-27-41-48(49)40-20-10-11-25-43(40)52-50(41)33-16-6-2-7-17-33/h1-31H. The Balaban J connectivity index is 1.13. The van der Waals surface area contributed by atoms with Crippen LogP contribution in [0, 0.1) is 0 Å². The molecule has 0 N–H and O–H groups in total. The smallest absolute Gasteiger partial charge is 0.160 e. The van der Waals surface area contributed by atoms with E-state index in [0.717, 1.165) is 105 Å². The molecule has 55 heavy (non-hydrogen) atoms. The van der Waals surface area contributed by atoms with Gasteiger partial charge in [-0.25, -0.2) is 15.0 Å². The minimum Gasteiger partial charge on any atom is -0.456 e. The molecule has 0 unspecified atom stereocenters. The molecule has 0 saturated carbocycles. The van der Waals surface area contributed by atoms with Gasteiger partial charge in [-0.2, -0.15) is 0 Å². The highest BCUT2D eigenvalue weighted by Gasteiger charge is 2.19. The first-order valence-corrected chi connectivity index (χ1v) is 18.5. The summed E-state index contributed by atoms with van der Waals surface area (Å²) >= 11 is 0. The molecule has 0 aliphatic heterocycles. The third kappa shape index (κ3) is 5.19. The molecule has 11 rings (SSSR count). The Labute approximate surface area is 317 Å². The van der Waals surface area contributed by atoms with Gasteiger partial charge in [0, 0.05) is 49.2 Å². The fourth-order valence-electron chi connectivity index (χ4n) is 8.14. The van der Waals surface area contributed by atoms with Crippen molar-refractivity contribution in [2.24, 2.45) is 0 Å². The summed E-state index contributed by atoms with van der Waals surface area (Å²) in [5, 5.41) is 7.84. The quantitative estimate of drug-likeness (QED) is 0.168. The highest BCUT2D eigenvalue weighted by Crippen LogP contribution is 2.43. The van der Waals surface area contributed by atoms with Gasteiger partial charge in [-0.3, -0.25) is 0 Å². The van der Waals surface area contributed by atoms with Gasteiger partial charge in [0.15, 0.2) is 5.82 Å². The highest BCUT2D eigenvalue weighted by molar-refractivity contribution is 6.28. The van der Waals surface area contributed by atoms with Crippen molar-refractivity contribution in [3.63, 3.8) is 0 Å². The van der Waals surface area contributed by atoms with E-state index < -0.39 is 0 Å². The number of para-hydroxylation sites is 1. The minimum atomic E-state index is 0.702. The van der Waals surface area contributed by atoms with Crippen molar-refractivity contribution in [3.8, 4) is 56.3 Å². The minimum absolute atomic E-state index is 0.702. The van der Waals surface area contributed by atoms with E-state index in [-0.39, 0.29) is 0 Å². The van der Waals surface area contributed by atoms with E-state index in [9.17, 15) is 0 Å². The predicted octanol–water partition coefficient (Wildman–Crippen LogP) is 13.6. The van der Waals surface area contributed by atoms with E-state index in [2.05, 4.69) is 146 Å². The van der Waals surface area contributed by atoms with Gasteiger partial charge in [0.25, 0.3) is 0 Å². The van der Waals surface area contributed by atoms with Crippen LogP contribution in [-0.2, 0) is 0 Å². The number of hydrogen-bond acceptors (Lipinski definition) is 4. The van der Waals surface area contributed by atoms with Gasteiger partial charge in [-0.15, -0.1) is 0 Å². The van der Waals surface area contributed by atoms with Crippen molar-refractivity contribution in [1.82, 2.24) is 15.0 Å². The molecule has 0 fully saturated rings. The molecular weight excluding hydrogens is 671 g/mol. The lowest BCUT2D eigenvalue weighted by atomic mass is 9.92. The Bertz CT molecular complexity index is 3190. The Morgan fingerprint density at radius 3 is 1.73 bits per heavy atom. The number of hydrogen-bond donors (Lipinski definition) is 0. The number of nitrogens with zero attached hydrogens (tertiary/aromatic N) is 3. The highest BCUT2D eigenvalue weighted by atomic mass is 16.3. The lowest BCUT2D eigenvalue weighted by Crippen LogP contribution is -1.96. The second kappa shape index (κ2) is 12.6. The maximum Gasteiger partial charge on any atom is 0.160 e. The van der Waals surface area contributed by atoms with Crippen molar-refractivity contribution in [1.29, 1.82) is 0 Å². The maximum absolute atomic E-state index is 6.57. The van der Waals surface area contributed by atoms with Crippen LogP contribution < -0.4 is 0 Å². The summed E-state index contributed by atoms with van der Waals surface area (Å²) in [7, 11) is 0. The molecule has 4 nitrogen and oxygen atoms in total. The zero-order valence-electron chi connectivity index (χ0n) is 29.6. The van der Waals surface area contributed by atoms with Gasteiger partial charge in [0.2, 0.25) is 0 Å². The maximum atomic E-state index is 6.57. The molecule has 8 aromatic carbocycles. The van der Waals surface area contributed by atoms with Crippen molar-refractivity contribution >= 4 is 54.4 Å². The van der Waals surface area contributed by atoms with Gasteiger partial charge in [0.1, 0.15) is 11.2 Å². The van der Waals surface area contributed by atoms with Gasteiger partial charge >= 0.3 is 0 Å². The molecule has 0 aliphatic rings. The van der Waals surface area contributed by atoms with Gasteiger partial charge in [-0.1, -0.05) is 152 Å². The SMILES string of the molecule is c1ccc(-c2cc(-c3cccc4c(-c5ccc6oc7ccc8c(-c9ccccc9)nc9ccccc9c8c7c6c5)cccc34)nc(-c3ccccc3)n2)cc1. The van der Waals surface area contributed by atoms with Crippen LogP contribution >= 0.6 is 0 Å². The third-order valence-corrected chi connectivity index (χ3v) is 10.7. The second-order valence-corrected chi connectivity index (χ2v) is 13.9. The fourth-order valence-corrected chi connectivity index (χ4v) is 8.14. The molecule has 3 aromatic heterocycles. The summed E-state index contributed by atoms with van der Waals surface area (Å²) in [5.41, 5.74) is 11.9. The van der Waals surface area contributed by atoms with Crippen molar-refractivity contribution in [3.05, 3.63) is 188 Å². The first-order valence-electron chi connectivity index (χ1n) is 18.5. The summed E-state index contributed by atoms with van der Waals surface area (Å²) in [5.74, 6) is 0.702. The summed E-state index contributed by atoms with van der Waals surface area (Å²) in [6, 6.07) is 65.5. The molecule has 0 atom stereocenters. The van der Waals surface area contributed by atoms with Crippen LogP contribution in [0.25, 0.3) is 111 Å². The Hall–Kier alpha value is -7.43.